The lowest BCUT2D eigenvalue weighted by atomic mass is 10.2. The first kappa shape index (κ1) is 20.0. The molecule has 0 spiro atoms. The molecule has 1 fully saturated rings. The second-order valence-electron chi connectivity index (χ2n) is 7.41. The molecule has 0 radical (unpaired) electrons. The monoisotopic (exact) mass is 426 g/mol. The number of nitrogens with zero attached hydrogens (tertiary/aromatic N) is 6. The van der Waals surface area contributed by atoms with E-state index in [0.717, 1.165) is 17.6 Å². The lowest BCUT2D eigenvalue weighted by Gasteiger charge is -2.18. The van der Waals surface area contributed by atoms with Crippen molar-refractivity contribution in [2.45, 2.75) is 24.8 Å². The lowest BCUT2D eigenvalue weighted by molar-refractivity contribution is 0.255. The first-order valence-corrected chi connectivity index (χ1v) is 11.4. The van der Waals surface area contributed by atoms with Gasteiger partial charge in [-0.25, -0.2) is 18.2 Å². The number of hydrogen-bond donors (Lipinski definition) is 0. The number of urea groups is 1. The Labute approximate surface area is 174 Å². The molecular formula is C20H22N6O3S. The fourth-order valence-electron chi connectivity index (χ4n) is 3.37. The second-order valence-corrected chi connectivity index (χ2v) is 9.43. The van der Waals surface area contributed by atoms with E-state index in [1.807, 2.05) is 10.6 Å². The Kier molecular flexibility index (Phi) is 5.02. The summed E-state index contributed by atoms with van der Waals surface area (Å²) in [5, 5.41) is 8.14. The summed E-state index contributed by atoms with van der Waals surface area (Å²) in [5.74, 6) is 1.28. The second kappa shape index (κ2) is 7.52. The maximum absolute atomic E-state index is 12.9. The Balaban J connectivity index is 1.53. The Morgan fingerprint density at radius 3 is 2.30 bits per heavy atom. The van der Waals surface area contributed by atoms with Crippen LogP contribution >= 0.6 is 0 Å². The molecule has 1 aromatic carbocycles. The standard InChI is InChI=1S/C20H22N6O3S/c1-14(2)26-13-22-23-19(26)15-4-9-18(21-12-15)25-11-10-24(20(25)27)16-5-7-17(8-6-16)30(3,28)29/h4-9,12-14H,10-11H2,1-3H3. The molecule has 2 amide bonds. The molecule has 1 saturated heterocycles. The van der Waals surface area contributed by atoms with Gasteiger partial charge in [0.25, 0.3) is 0 Å². The van der Waals surface area contributed by atoms with Gasteiger partial charge in [0.05, 0.1) is 4.90 Å². The molecule has 0 unspecified atom stereocenters. The van der Waals surface area contributed by atoms with Crippen molar-refractivity contribution in [1.29, 1.82) is 0 Å². The predicted octanol–water partition coefficient (Wildman–Crippen LogP) is 2.77. The largest absolute Gasteiger partial charge is 0.330 e. The quantitative estimate of drug-likeness (QED) is 0.622. The van der Waals surface area contributed by atoms with Crippen LogP contribution in [-0.2, 0) is 9.84 Å². The summed E-state index contributed by atoms with van der Waals surface area (Å²) in [6, 6.07) is 10.0. The van der Waals surface area contributed by atoms with E-state index in [1.54, 1.807) is 40.5 Å². The molecule has 30 heavy (non-hydrogen) atoms. The predicted molar refractivity (Wildman–Crippen MR) is 113 cm³/mol. The summed E-state index contributed by atoms with van der Waals surface area (Å²) in [6.07, 6.45) is 4.53. The minimum atomic E-state index is -3.28. The van der Waals surface area contributed by atoms with E-state index in [9.17, 15) is 13.2 Å². The number of carbonyl (C=O) groups excluding carboxylic acids is 1. The van der Waals surface area contributed by atoms with Crippen LogP contribution in [0.15, 0.2) is 53.8 Å². The van der Waals surface area contributed by atoms with E-state index < -0.39 is 9.84 Å². The van der Waals surface area contributed by atoms with E-state index in [0.29, 0.717) is 24.6 Å². The Morgan fingerprint density at radius 2 is 1.70 bits per heavy atom. The first-order valence-electron chi connectivity index (χ1n) is 9.51. The van der Waals surface area contributed by atoms with Crippen LogP contribution in [0, 0.1) is 0 Å². The molecule has 0 N–H and O–H groups in total. The maximum Gasteiger partial charge on any atom is 0.330 e. The van der Waals surface area contributed by atoms with Crippen LogP contribution in [0.3, 0.4) is 0 Å². The molecule has 156 valence electrons. The van der Waals surface area contributed by atoms with Crippen LogP contribution in [0.2, 0.25) is 0 Å². The molecule has 4 rings (SSSR count). The van der Waals surface area contributed by atoms with E-state index in [2.05, 4.69) is 29.0 Å². The number of amides is 2. The zero-order chi connectivity index (χ0) is 21.5. The lowest BCUT2D eigenvalue weighted by Crippen LogP contribution is -2.32. The smallest absolute Gasteiger partial charge is 0.311 e. The third-order valence-corrected chi connectivity index (χ3v) is 6.13. The van der Waals surface area contributed by atoms with Gasteiger partial charge in [0, 0.05) is 42.8 Å². The molecule has 1 aliphatic heterocycles. The van der Waals surface area contributed by atoms with Gasteiger partial charge in [-0.05, 0) is 50.2 Å². The minimum Gasteiger partial charge on any atom is -0.311 e. The fourth-order valence-corrected chi connectivity index (χ4v) is 4.00. The zero-order valence-corrected chi connectivity index (χ0v) is 17.7. The van der Waals surface area contributed by atoms with Crippen LogP contribution in [-0.4, -0.2) is 53.5 Å². The summed E-state index contributed by atoms with van der Waals surface area (Å²) >= 11 is 0. The number of aromatic nitrogens is 4. The van der Waals surface area contributed by atoms with Gasteiger partial charge in [-0.2, -0.15) is 0 Å². The topological polar surface area (TPSA) is 101 Å². The Morgan fingerprint density at radius 1 is 1.00 bits per heavy atom. The normalized spacial score (nSPS) is 14.7. The van der Waals surface area contributed by atoms with Crippen LogP contribution in [0.5, 0.6) is 0 Å². The summed E-state index contributed by atoms with van der Waals surface area (Å²) in [7, 11) is -3.28. The van der Waals surface area contributed by atoms with Crippen molar-refractivity contribution in [2.24, 2.45) is 0 Å². The van der Waals surface area contributed by atoms with Gasteiger partial charge in [-0.3, -0.25) is 9.80 Å². The fraction of sp³-hybridized carbons (Fsp3) is 0.300. The van der Waals surface area contributed by atoms with Gasteiger partial charge in [-0.15, -0.1) is 10.2 Å². The van der Waals surface area contributed by atoms with Crippen LogP contribution in [0.1, 0.15) is 19.9 Å². The number of carbonyl (C=O) groups is 1. The van der Waals surface area contributed by atoms with Gasteiger partial charge in [-0.1, -0.05) is 0 Å². The maximum atomic E-state index is 12.9. The van der Waals surface area contributed by atoms with Gasteiger partial charge < -0.3 is 4.57 Å². The zero-order valence-electron chi connectivity index (χ0n) is 16.9. The van der Waals surface area contributed by atoms with Crippen LogP contribution in [0.4, 0.5) is 16.3 Å². The molecule has 0 aliphatic carbocycles. The molecule has 9 nitrogen and oxygen atoms in total. The minimum absolute atomic E-state index is 0.201. The highest BCUT2D eigenvalue weighted by molar-refractivity contribution is 7.90. The van der Waals surface area contributed by atoms with Crippen molar-refractivity contribution in [1.82, 2.24) is 19.7 Å². The summed E-state index contributed by atoms with van der Waals surface area (Å²) < 4.78 is 25.2. The summed E-state index contributed by atoms with van der Waals surface area (Å²) in [6.45, 7) is 5.08. The molecule has 0 bridgehead atoms. The number of anilines is 2. The third-order valence-electron chi connectivity index (χ3n) is 5.00. The molecule has 3 aromatic rings. The van der Waals surface area contributed by atoms with E-state index in [4.69, 9.17) is 0 Å². The van der Waals surface area contributed by atoms with E-state index >= 15 is 0 Å². The van der Waals surface area contributed by atoms with E-state index in [1.165, 1.54) is 12.1 Å². The SMILES string of the molecule is CC(C)n1cnnc1-c1ccc(N2CCN(c3ccc(S(C)(=O)=O)cc3)C2=O)nc1. The van der Waals surface area contributed by atoms with Crippen molar-refractivity contribution in [3.8, 4) is 11.4 Å². The van der Waals surface area contributed by atoms with Crippen molar-refractivity contribution in [3.05, 3.63) is 48.9 Å². The highest BCUT2D eigenvalue weighted by atomic mass is 32.2. The van der Waals surface area contributed by atoms with Crippen LogP contribution in [0.25, 0.3) is 11.4 Å². The average Bonchev–Trinajstić information content (AvgIpc) is 3.35. The molecule has 0 atom stereocenters. The van der Waals surface area contributed by atoms with Gasteiger partial charge in [0.1, 0.15) is 12.1 Å². The highest BCUT2D eigenvalue weighted by Crippen LogP contribution is 2.27. The molecule has 2 aromatic heterocycles. The van der Waals surface area contributed by atoms with Crippen molar-refractivity contribution in [3.63, 3.8) is 0 Å². The van der Waals surface area contributed by atoms with Crippen LogP contribution < -0.4 is 9.80 Å². The molecule has 10 heteroatoms. The van der Waals surface area contributed by atoms with Crippen molar-refractivity contribution in [2.75, 3.05) is 29.1 Å². The van der Waals surface area contributed by atoms with Gasteiger partial charge >= 0.3 is 6.03 Å². The Hall–Kier alpha value is -3.27. The molecule has 3 heterocycles. The Bertz CT molecular complexity index is 1170. The number of pyridine rings is 1. The third kappa shape index (κ3) is 3.65. The molecule has 0 saturated carbocycles. The van der Waals surface area contributed by atoms with Gasteiger partial charge in [0.15, 0.2) is 15.7 Å². The molecule has 1 aliphatic rings. The summed E-state index contributed by atoms with van der Waals surface area (Å²) in [5.41, 5.74) is 1.47. The first-order chi connectivity index (χ1) is 14.3. The molecular weight excluding hydrogens is 404 g/mol. The number of hydrogen-bond acceptors (Lipinski definition) is 6. The number of benzene rings is 1. The van der Waals surface area contributed by atoms with Gasteiger partial charge in [0.2, 0.25) is 0 Å². The summed E-state index contributed by atoms with van der Waals surface area (Å²) in [4.78, 5) is 20.8. The van der Waals surface area contributed by atoms with Crippen molar-refractivity contribution < 1.29 is 13.2 Å². The van der Waals surface area contributed by atoms with E-state index in [-0.39, 0.29) is 17.0 Å². The number of rotatable bonds is 5. The highest BCUT2D eigenvalue weighted by Gasteiger charge is 2.31. The average molecular weight is 427 g/mol. The van der Waals surface area contributed by atoms with Crippen molar-refractivity contribution >= 4 is 27.4 Å². The number of sulfone groups is 1.